The quantitative estimate of drug-likeness (QED) is 0.656. The normalized spacial score (nSPS) is 16.0. The van der Waals surface area contributed by atoms with Crippen LogP contribution in [-0.2, 0) is 23.2 Å². The van der Waals surface area contributed by atoms with Crippen molar-refractivity contribution in [2.24, 2.45) is 0 Å². The average molecular weight is 479 g/mol. The largest absolute Gasteiger partial charge is 0.369 e. The summed E-state index contributed by atoms with van der Waals surface area (Å²) in [6.07, 6.45) is 1.77. The Hall–Kier alpha value is -3.16. The molecule has 0 bridgehead atoms. The summed E-state index contributed by atoms with van der Waals surface area (Å²) in [6, 6.07) is 8.80. The topological polar surface area (TPSA) is 81.7 Å². The maximum absolute atomic E-state index is 13.1. The van der Waals surface area contributed by atoms with E-state index in [1.807, 2.05) is 9.80 Å². The van der Waals surface area contributed by atoms with Gasteiger partial charge in [-0.1, -0.05) is 52.0 Å². The molecule has 0 saturated carbocycles. The monoisotopic (exact) mass is 478 g/mol. The van der Waals surface area contributed by atoms with Crippen molar-refractivity contribution < 1.29 is 9.59 Å². The van der Waals surface area contributed by atoms with Gasteiger partial charge in [-0.05, 0) is 29.4 Å². The van der Waals surface area contributed by atoms with Crippen LogP contribution in [0.5, 0.6) is 0 Å². The Balaban J connectivity index is 1.51. The number of piperazine rings is 1. The summed E-state index contributed by atoms with van der Waals surface area (Å²) < 4.78 is 0. The standard InChI is InChI=1S/C27H38N6O2/c1-6-13-33-18-22-23(25(33)35)29-26(32-16-14-31(15-17-32)19(2)34)30-24(22)28-12-11-20-7-9-21(10-8-20)27(3,4)5/h7-10H,6,11-18H2,1-5H3,(H,28,29,30). The van der Waals surface area contributed by atoms with Crippen molar-refractivity contribution in [3.05, 3.63) is 46.6 Å². The van der Waals surface area contributed by atoms with E-state index in [0.29, 0.717) is 50.9 Å². The number of amides is 2. The number of rotatable bonds is 7. The van der Waals surface area contributed by atoms with Crippen molar-refractivity contribution in [1.29, 1.82) is 0 Å². The number of hydrogen-bond acceptors (Lipinski definition) is 6. The Bertz CT molecular complexity index is 1070. The fraction of sp³-hybridized carbons (Fsp3) is 0.556. The van der Waals surface area contributed by atoms with Gasteiger partial charge in [0.15, 0.2) is 0 Å². The molecule has 2 aliphatic heterocycles. The summed E-state index contributed by atoms with van der Waals surface area (Å²) >= 11 is 0. The summed E-state index contributed by atoms with van der Waals surface area (Å²) in [7, 11) is 0. The summed E-state index contributed by atoms with van der Waals surface area (Å²) in [5.41, 5.74) is 4.13. The fourth-order valence-electron chi connectivity index (χ4n) is 4.67. The highest BCUT2D eigenvalue weighted by Gasteiger charge is 2.33. The van der Waals surface area contributed by atoms with Gasteiger partial charge < -0.3 is 20.0 Å². The maximum Gasteiger partial charge on any atom is 0.273 e. The molecule has 1 fully saturated rings. The molecule has 0 unspecified atom stereocenters. The van der Waals surface area contributed by atoms with Gasteiger partial charge in [0.05, 0.1) is 6.54 Å². The van der Waals surface area contributed by atoms with Crippen LogP contribution >= 0.6 is 0 Å². The molecule has 1 saturated heterocycles. The van der Waals surface area contributed by atoms with Crippen LogP contribution in [0.15, 0.2) is 24.3 Å². The van der Waals surface area contributed by atoms with Crippen LogP contribution in [0.4, 0.5) is 11.8 Å². The Kier molecular flexibility index (Phi) is 7.28. The Labute approximate surface area is 208 Å². The third kappa shape index (κ3) is 5.57. The molecule has 188 valence electrons. The molecule has 2 aromatic rings. The molecule has 35 heavy (non-hydrogen) atoms. The van der Waals surface area contributed by atoms with Gasteiger partial charge in [-0.15, -0.1) is 0 Å². The Morgan fingerprint density at radius 1 is 1.06 bits per heavy atom. The van der Waals surface area contributed by atoms with Crippen LogP contribution in [0.1, 0.15) is 68.2 Å². The number of benzene rings is 1. The number of anilines is 2. The Morgan fingerprint density at radius 2 is 1.74 bits per heavy atom. The van der Waals surface area contributed by atoms with Gasteiger partial charge in [0.25, 0.3) is 5.91 Å². The van der Waals surface area contributed by atoms with E-state index in [1.165, 1.54) is 11.1 Å². The molecule has 4 rings (SSSR count). The first-order valence-corrected chi connectivity index (χ1v) is 12.7. The van der Waals surface area contributed by atoms with Crippen molar-refractivity contribution in [3.63, 3.8) is 0 Å². The lowest BCUT2D eigenvalue weighted by Gasteiger charge is -2.34. The van der Waals surface area contributed by atoms with E-state index >= 15 is 0 Å². The first-order chi connectivity index (χ1) is 16.7. The van der Waals surface area contributed by atoms with Gasteiger partial charge in [0.1, 0.15) is 11.5 Å². The summed E-state index contributed by atoms with van der Waals surface area (Å²) in [4.78, 5) is 40.1. The van der Waals surface area contributed by atoms with Crippen LogP contribution < -0.4 is 10.2 Å². The molecule has 0 radical (unpaired) electrons. The average Bonchev–Trinajstić information content (AvgIpc) is 3.14. The fourth-order valence-corrected chi connectivity index (χ4v) is 4.67. The van der Waals surface area contributed by atoms with E-state index in [0.717, 1.165) is 30.8 Å². The minimum absolute atomic E-state index is 0.0197. The van der Waals surface area contributed by atoms with E-state index in [4.69, 9.17) is 9.97 Å². The first-order valence-electron chi connectivity index (χ1n) is 12.7. The molecule has 1 aromatic carbocycles. The zero-order valence-electron chi connectivity index (χ0n) is 21.7. The molecule has 2 amide bonds. The van der Waals surface area contributed by atoms with Crippen LogP contribution in [0.25, 0.3) is 0 Å². The zero-order chi connectivity index (χ0) is 25.2. The van der Waals surface area contributed by atoms with Crippen molar-refractivity contribution in [1.82, 2.24) is 19.8 Å². The predicted molar refractivity (Wildman–Crippen MR) is 139 cm³/mol. The van der Waals surface area contributed by atoms with E-state index in [-0.39, 0.29) is 17.2 Å². The van der Waals surface area contributed by atoms with Gasteiger partial charge in [-0.2, -0.15) is 4.98 Å². The summed E-state index contributed by atoms with van der Waals surface area (Å²) in [6.45, 7) is 14.9. The van der Waals surface area contributed by atoms with Crippen molar-refractivity contribution in [2.45, 2.75) is 59.4 Å². The number of hydrogen-bond donors (Lipinski definition) is 1. The first kappa shape index (κ1) is 24.9. The van der Waals surface area contributed by atoms with E-state index < -0.39 is 0 Å². The van der Waals surface area contributed by atoms with Crippen LogP contribution in [0.3, 0.4) is 0 Å². The smallest absolute Gasteiger partial charge is 0.273 e. The number of nitrogens with one attached hydrogen (secondary N) is 1. The van der Waals surface area contributed by atoms with Crippen molar-refractivity contribution in [3.8, 4) is 0 Å². The molecule has 0 aliphatic carbocycles. The van der Waals surface area contributed by atoms with Gasteiger partial charge in [-0.25, -0.2) is 4.98 Å². The van der Waals surface area contributed by atoms with Crippen LogP contribution in [0.2, 0.25) is 0 Å². The number of aromatic nitrogens is 2. The zero-order valence-corrected chi connectivity index (χ0v) is 21.7. The van der Waals surface area contributed by atoms with Crippen LogP contribution in [0, 0.1) is 0 Å². The number of fused-ring (bicyclic) bond motifs is 1. The minimum atomic E-state index is -0.0197. The molecule has 8 nitrogen and oxygen atoms in total. The predicted octanol–water partition coefficient (Wildman–Crippen LogP) is 3.46. The highest BCUT2D eigenvalue weighted by atomic mass is 16.2. The van der Waals surface area contributed by atoms with Crippen molar-refractivity contribution >= 4 is 23.6 Å². The molecule has 8 heteroatoms. The lowest BCUT2D eigenvalue weighted by Crippen LogP contribution is -2.48. The lowest BCUT2D eigenvalue weighted by atomic mass is 9.86. The highest BCUT2D eigenvalue weighted by molar-refractivity contribution is 5.98. The second-order valence-corrected chi connectivity index (χ2v) is 10.5. The van der Waals surface area contributed by atoms with E-state index in [1.54, 1.807) is 6.92 Å². The summed E-state index contributed by atoms with van der Waals surface area (Å²) in [5.74, 6) is 1.38. The highest BCUT2D eigenvalue weighted by Crippen LogP contribution is 2.30. The maximum atomic E-state index is 13.1. The number of nitrogens with zero attached hydrogens (tertiary/aromatic N) is 5. The van der Waals surface area contributed by atoms with Gasteiger partial charge in [0.2, 0.25) is 11.9 Å². The third-order valence-corrected chi connectivity index (χ3v) is 6.86. The van der Waals surface area contributed by atoms with Gasteiger partial charge >= 0.3 is 0 Å². The Morgan fingerprint density at radius 3 is 2.34 bits per heavy atom. The van der Waals surface area contributed by atoms with Crippen LogP contribution in [-0.4, -0.2) is 70.9 Å². The second-order valence-electron chi connectivity index (χ2n) is 10.5. The molecular formula is C27H38N6O2. The van der Waals surface area contributed by atoms with E-state index in [9.17, 15) is 9.59 Å². The third-order valence-electron chi connectivity index (χ3n) is 6.86. The molecule has 2 aliphatic rings. The molecule has 1 N–H and O–H groups in total. The summed E-state index contributed by atoms with van der Waals surface area (Å²) in [5, 5.41) is 3.51. The second kappa shape index (κ2) is 10.2. The van der Waals surface area contributed by atoms with Gasteiger partial charge in [-0.3, -0.25) is 9.59 Å². The molecular weight excluding hydrogens is 440 g/mol. The minimum Gasteiger partial charge on any atom is -0.369 e. The number of carbonyl (C=O) groups is 2. The SMILES string of the molecule is CCCN1Cc2c(NCCc3ccc(C(C)(C)C)cc3)nc(N3CCN(C(C)=O)CC3)nc2C1=O. The van der Waals surface area contributed by atoms with E-state index in [2.05, 4.69) is 62.2 Å². The molecule has 3 heterocycles. The molecule has 0 spiro atoms. The number of carbonyl (C=O) groups excluding carboxylic acids is 2. The molecule has 1 aromatic heterocycles. The van der Waals surface area contributed by atoms with Crippen molar-refractivity contribution in [2.75, 3.05) is 49.5 Å². The lowest BCUT2D eigenvalue weighted by molar-refractivity contribution is -0.129. The van der Waals surface area contributed by atoms with Gasteiger partial charge in [0, 0.05) is 51.8 Å². The molecule has 0 atom stereocenters.